The fraction of sp³-hybridized carbons (Fsp3) is 0.143. The number of carbonyl (C=O) groups excluding carboxylic acids is 1. The summed E-state index contributed by atoms with van der Waals surface area (Å²) in [5.74, 6) is -0.576. The smallest absolute Gasteiger partial charge is 0.259 e. The first-order chi connectivity index (χ1) is 9.51. The van der Waals surface area contributed by atoms with Crippen molar-refractivity contribution in [1.82, 2.24) is 4.98 Å². The van der Waals surface area contributed by atoms with Crippen molar-refractivity contribution in [2.24, 2.45) is 0 Å². The van der Waals surface area contributed by atoms with Gasteiger partial charge in [0.05, 0.1) is 24.6 Å². The Morgan fingerprint density at radius 2 is 2.15 bits per heavy atom. The summed E-state index contributed by atoms with van der Waals surface area (Å²) < 4.78 is 18.6. The first-order valence-electron chi connectivity index (χ1n) is 5.88. The Balaban J connectivity index is 2.21. The molecule has 0 spiro atoms. The lowest BCUT2D eigenvalue weighted by Crippen LogP contribution is -2.15. The molecule has 0 fully saturated rings. The molecule has 6 heteroatoms. The molecule has 0 atom stereocenters. The largest absolute Gasteiger partial charge is 0.497 e. The van der Waals surface area contributed by atoms with E-state index in [-0.39, 0.29) is 5.56 Å². The van der Waals surface area contributed by atoms with Gasteiger partial charge in [-0.15, -0.1) is 0 Å². The van der Waals surface area contributed by atoms with Crippen LogP contribution in [0.1, 0.15) is 15.9 Å². The number of hydrogen-bond donors (Lipinski definition) is 2. The van der Waals surface area contributed by atoms with E-state index >= 15 is 0 Å². The maximum atomic E-state index is 13.8. The average molecular weight is 275 g/mol. The van der Waals surface area contributed by atoms with Crippen LogP contribution in [0.3, 0.4) is 0 Å². The molecule has 1 heterocycles. The van der Waals surface area contributed by atoms with Gasteiger partial charge in [-0.3, -0.25) is 4.79 Å². The van der Waals surface area contributed by atoms with Crippen molar-refractivity contribution >= 4 is 17.4 Å². The maximum absolute atomic E-state index is 13.8. The highest BCUT2D eigenvalue weighted by Crippen LogP contribution is 2.18. The number of anilines is 2. The molecule has 0 saturated carbocycles. The molecule has 20 heavy (non-hydrogen) atoms. The van der Waals surface area contributed by atoms with Crippen molar-refractivity contribution in [3.05, 3.63) is 47.4 Å². The third kappa shape index (κ3) is 2.85. The van der Waals surface area contributed by atoms with Crippen LogP contribution in [-0.4, -0.2) is 18.0 Å². The molecule has 104 valence electrons. The third-order valence-corrected chi connectivity index (χ3v) is 2.81. The second-order valence-electron chi connectivity index (χ2n) is 4.23. The van der Waals surface area contributed by atoms with Gasteiger partial charge in [0, 0.05) is 6.07 Å². The summed E-state index contributed by atoms with van der Waals surface area (Å²) in [5, 5.41) is 2.52. The molecular weight excluding hydrogens is 261 g/mol. The molecule has 2 aromatic rings. The lowest BCUT2D eigenvalue weighted by molar-refractivity contribution is 0.102. The Labute approximate surface area is 115 Å². The number of nitrogens with zero attached hydrogens (tertiary/aromatic N) is 1. The Hall–Kier alpha value is -2.63. The quantitative estimate of drug-likeness (QED) is 0.901. The number of nitrogens with one attached hydrogen (secondary N) is 1. The maximum Gasteiger partial charge on any atom is 0.259 e. The molecule has 5 nitrogen and oxygen atoms in total. The highest BCUT2D eigenvalue weighted by atomic mass is 19.1. The van der Waals surface area contributed by atoms with Crippen LogP contribution in [0.2, 0.25) is 0 Å². The lowest BCUT2D eigenvalue weighted by atomic mass is 10.2. The summed E-state index contributed by atoms with van der Waals surface area (Å²) in [4.78, 5) is 15.9. The summed E-state index contributed by atoms with van der Waals surface area (Å²) in [5.41, 5.74) is 6.87. The topological polar surface area (TPSA) is 77.2 Å². The number of aryl methyl sites for hydroxylation is 1. The number of ether oxygens (including phenoxy) is 1. The molecule has 0 aliphatic heterocycles. The molecule has 1 aromatic carbocycles. The number of methoxy groups -OCH3 is 1. The Morgan fingerprint density at radius 3 is 2.75 bits per heavy atom. The van der Waals surface area contributed by atoms with Crippen LogP contribution in [-0.2, 0) is 0 Å². The van der Waals surface area contributed by atoms with Gasteiger partial charge in [-0.2, -0.15) is 0 Å². The molecule has 0 unspecified atom stereocenters. The number of nitrogen functional groups attached to an aromatic ring is 1. The Bertz CT molecular complexity index is 659. The first kappa shape index (κ1) is 13.8. The van der Waals surface area contributed by atoms with Gasteiger partial charge >= 0.3 is 0 Å². The van der Waals surface area contributed by atoms with Gasteiger partial charge in [-0.1, -0.05) is 0 Å². The van der Waals surface area contributed by atoms with Gasteiger partial charge in [0.15, 0.2) is 0 Å². The summed E-state index contributed by atoms with van der Waals surface area (Å²) in [6, 6.07) is 5.64. The number of benzene rings is 1. The van der Waals surface area contributed by atoms with Crippen LogP contribution in [0.5, 0.6) is 5.75 Å². The summed E-state index contributed by atoms with van der Waals surface area (Å²) in [6.07, 6.45) is 1.44. The van der Waals surface area contributed by atoms with Crippen molar-refractivity contribution in [1.29, 1.82) is 0 Å². The van der Waals surface area contributed by atoms with Gasteiger partial charge in [0.25, 0.3) is 5.91 Å². The van der Waals surface area contributed by atoms with E-state index in [4.69, 9.17) is 10.5 Å². The van der Waals surface area contributed by atoms with E-state index in [0.29, 0.717) is 17.3 Å². The number of rotatable bonds is 3. The molecule has 0 aliphatic rings. The SMILES string of the molecule is COc1ccc(C(=O)Nc2cc(C)c(N)cn2)c(F)c1. The van der Waals surface area contributed by atoms with Gasteiger partial charge < -0.3 is 15.8 Å². The van der Waals surface area contributed by atoms with Crippen LogP contribution in [0.15, 0.2) is 30.5 Å². The molecule has 1 aromatic heterocycles. The van der Waals surface area contributed by atoms with E-state index in [2.05, 4.69) is 10.3 Å². The molecule has 3 N–H and O–H groups in total. The molecule has 0 saturated heterocycles. The predicted octanol–water partition coefficient (Wildman–Crippen LogP) is 2.37. The van der Waals surface area contributed by atoms with Gasteiger partial charge in [-0.25, -0.2) is 9.37 Å². The number of hydrogen-bond acceptors (Lipinski definition) is 4. The van der Waals surface area contributed by atoms with Gasteiger partial charge in [0.2, 0.25) is 0 Å². The number of halogens is 1. The molecule has 0 bridgehead atoms. The van der Waals surface area contributed by atoms with Crippen LogP contribution < -0.4 is 15.8 Å². The summed E-state index contributed by atoms with van der Waals surface area (Å²) in [7, 11) is 1.43. The number of pyridine rings is 1. The standard InChI is InChI=1S/C14H14FN3O2/c1-8-5-13(17-7-12(8)16)18-14(19)10-4-3-9(20-2)6-11(10)15/h3-7H,16H2,1-2H3,(H,17,18,19). The Kier molecular flexibility index (Phi) is 3.84. The molecular formula is C14H14FN3O2. The van der Waals surface area contributed by atoms with E-state index in [1.54, 1.807) is 13.0 Å². The predicted molar refractivity (Wildman–Crippen MR) is 74.3 cm³/mol. The average Bonchev–Trinajstić information content (AvgIpc) is 2.42. The fourth-order valence-electron chi connectivity index (χ4n) is 1.63. The van der Waals surface area contributed by atoms with Crippen LogP contribution in [0.25, 0.3) is 0 Å². The number of nitrogens with two attached hydrogens (primary N) is 1. The minimum atomic E-state index is -0.658. The van der Waals surface area contributed by atoms with Crippen LogP contribution >= 0.6 is 0 Å². The summed E-state index contributed by atoms with van der Waals surface area (Å²) in [6.45, 7) is 1.79. The van der Waals surface area contributed by atoms with E-state index < -0.39 is 11.7 Å². The minimum Gasteiger partial charge on any atom is -0.497 e. The van der Waals surface area contributed by atoms with E-state index in [1.807, 2.05) is 0 Å². The second kappa shape index (κ2) is 5.56. The third-order valence-electron chi connectivity index (χ3n) is 2.81. The van der Waals surface area contributed by atoms with Gasteiger partial charge in [-0.05, 0) is 30.7 Å². The highest BCUT2D eigenvalue weighted by molar-refractivity contribution is 6.04. The van der Waals surface area contributed by atoms with Crippen molar-refractivity contribution in [3.8, 4) is 5.75 Å². The normalized spacial score (nSPS) is 10.2. The zero-order valence-corrected chi connectivity index (χ0v) is 11.1. The molecule has 2 rings (SSSR count). The van der Waals surface area contributed by atoms with Crippen molar-refractivity contribution in [2.45, 2.75) is 6.92 Å². The zero-order chi connectivity index (χ0) is 14.7. The van der Waals surface area contributed by atoms with E-state index in [9.17, 15) is 9.18 Å². The van der Waals surface area contributed by atoms with Crippen LogP contribution in [0.4, 0.5) is 15.9 Å². The minimum absolute atomic E-state index is 0.0814. The lowest BCUT2D eigenvalue weighted by Gasteiger charge is -2.08. The number of amides is 1. The molecule has 0 radical (unpaired) electrons. The van der Waals surface area contributed by atoms with Crippen molar-refractivity contribution in [2.75, 3.05) is 18.2 Å². The molecule has 1 amide bonds. The van der Waals surface area contributed by atoms with Crippen molar-refractivity contribution in [3.63, 3.8) is 0 Å². The number of aromatic nitrogens is 1. The zero-order valence-electron chi connectivity index (χ0n) is 11.1. The second-order valence-corrected chi connectivity index (χ2v) is 4.23. The highest BCUT2D eigenvalue weighted by Gasteiger charge is 2.13. The Morgan fingerprint density at radius 1 is 1.40 bits per heavy atom. The first-order valence-corrected chi connectivity index (χ1v) is 5.88. The fourth-order valence-corrected chi connectivity index (χ4v) is 1.63. The van der Waals surface area contributed by atoms with E-state index in [1.165, 1.54) is 25.4 Å². The number of carbonyl (C=O) groups is 1. The monoisotopic (exact) mass is 275 g/mol. The van der Waals surface area contributed by atoms with Crippen molar-refractivity contribution < 1.29 is 13.9 Å². The van der Waals surface area contributed by atoms with Crippen LogP contribution in [0, 0.1) is 12.7 Å². The molecule has 0 aliphatic carbocycles. The van der Waals surface area contributed by atoms with E-state index in [0.717, 1.165) is 11.6 Å². The summed E-state index contributed by atoms with van der Waals surface area (Å²) >= 11 is 0. The van der Waals surface area contributed by atoms with Gasteiger partial charge in [0.1, 0.15) is 17.4 Å².